The van der Waals surface area contributed by atoms with Gasteiger partial charge in [0.25, 0.3) is 5.91 Å². The van der Waals surface area contributed by atoms with Gasteiger partial charge in [-0.2, -0.15) is 0 Å². The topological polar surface area (TPSA) is 59.1 Å². The fourth-order valence-electron chi connectivity index (χ4n) is 4.52. The van der Waals surface area contributed by atoms with Crippen LogP contribution in [0.5, 0.6) is 5.75 Å². The van der Waals surface area contributed by atoms with Crippen LogP contribution in [0.2, 0.25) is 5.02 Å². The molecule has 0 N–H and O–H groups in total. The summed E-state index contributed by atoms with van der Waals surface area (Å²) >= 11 is 6.27. The molecule has 2 aliphatic heterocycles. The molecule has 5 rings (SSSR count). The number of fused-ring (bicyclic) bond motifs is 1. The van der Waals surface area contributed by atoms with Gasteiger partial charge in [0.1, 0.15) is 11.7 Å². The zero-order valence-corrected chi connectivity index (χ0v) is 18.3. The fourth-order valence-corrected chi connectivity index (χ4v) is 4.69. The largest absolute Gasteiger partial charge is 0.496 e. The molecule has 3 aromatic carbocycles. The number of benzene rings is 3. The number of imide groups is 1. The highest BCUT2D eigenvalue weighted by Gasteiger charge is 2.60. The summed E-state index contributed by atoms with van der Waals surface area (Å²) in [6, 6.07) is 21.6. The lowest BCUT2D eigenvalue weighted by molar-refractivity contribution is -0.126. The zero-order valence-electron chi connectivity index (χ0n) is 17.6. The fraction of sp³-hybridized carbons (Fsp3) is 0.200. The molecular weight excluding hydrogens is 428 g/mol. The zero-order chi connectivity index (χ0) is 22.4. The molecule has 2 aliphatic rings. The van der Waals surface area contributed by atoms with Crippen molar-refractivity contribution in [2.75, 3.05) is 17.1 Å². The van der Waals surface area contributed by atoms with Crippen LogP contribution in [-0.4, -0.2) is 25.0 Å². The highest BCUT2D eigenvalue weighted by Crippen LogP contribution is 2.49. The van der Waals surface area contributed by atoms with Gasteiger partial charge in [0.15, 0.2) is 6.10 Å². The van der Waals surface area contributed by atoms with Crippen molar-refractivity contribution in [3.63, 3.8) is 0 Å². The highest BCUT2D eigenvalue weighted by atomic mass is 35.5. The molecule has 2 amide bonds. The molecule has 0 saturated carbocycles. The Kier molecular flexibility index (Phi) is 5.12. The van der Waals surface area contributed by atoms with E-state index < -0.39 is 24.0 Å². The van der Waals surface area contributed by atoms with Gasteiger partial charge in [-0.15, -0.1) is 0 Å². The number of nitrogens with zero attached hydrogens (tertiary/aromatic N) is 2. The van der Waals surface area contributed by atoms with E-state index in [1.54, 1.807) is 37.3 Å². The number of rotatable bonds is 4. The van der Waals surface area contributed by atoms with Crippen LogP contribution in [0.1, 0.15) is 17.2 Å². The van der Waals surface area contributed by atoms with E-state index in [-0.39, 0.29) is 5.91 Å². The molecule has 0 aromatic heterocycles. The van der Waals surface area contributed by atoms with Crippen molar-refractivity contribution in [3.8, 4) is 5.75 Å². The first-order valence-electron chi connectivity index (χ1n) is 10.3. The van der Waals surface area contributed by atoms with Gasteiger partial charge in [-0.1, -0.05) is 54.1 Å². The molecule has 6 nitrogen and oxygen atoms in total. The summed E-state index contributed by atoms with van der Waals surface area (Å²) in [6.45, 7) is 1.79. The van der Waals surface area contributed by atoms with Crippen LogP contribution < -0.4 is 14.7 Å². The Labute approximate surface area is 190 Å². The number of ether oxygens (including phenoxy) is 1. The van der Waals surface area contributed by atoms with E-state index in [4.69, 9.17) is 21.2 Å². The maximum Gasteiger partial charge on any atom is 0.266 e. The van der Waals surface area contributed by atoms with Gasteiger partial charge in [-0.3, -0.25) is 14.4 Å². The lowest BCUT2D eigenvalue weighted by Gasteiger charge is -2.29. The Bertz CT molecular complexity index is 1200. The predicted molar refractivity (Wildman–Crippen MR) is 122 cm³/mol. The number of hydroxylamine groups is 1. The molecular formula is C25H21ClN2O4. The summed E-state index contributed by atoms with van der Waals surface area (Å²) in [5.74, 6) is -0.832. The molecule has 7 heteroatoms. The Morgan fingerprint density at radius 3 is 2.38 bits per heavy atom. The number of carbonyl (C=O) groups is 2. The van der Waals surface area contributed by atoms with E-state index >= 15 is 0 Å². The van der Waals surface area contributed by atoms with Crippen molar-refractivity contribution in [2.45, 2.75) is 19.1 Å². The average Bonchev–Trinajstić information content (AvgIpc) is 3.32. The minimum Gasteiger partial charge on any atom is -0.496 e. The number of halogens is 1. The normalized spacial score (nSPS) is 22.4. The number of hydrogen-bond acceptors (Lipinski definition) is 5. The molecule has 0 spiro atoms. The third kappa shape index (κ3) is 3.06. The number of methoxy groups -OCH3 is 1. The Morgan fingerprint density at radius 1 is 0.906 bits per heavy atom. The summed E-state index contributed by atoms with van der Waals surface area (Å²) in [5.41, 5.74) is 2.68. The van der Waals surface area contributed by atoms with E-state index in [2.05, 4.69) is 0 Å². The van der Waals surface area contributed by atoms with Crippen molar-refractivity contribution in [1.29, 1.82) is 0 Å². The number of hydrogen-bond donors (Lipinski definition) is 0. The summed E-state index contributed by atoms with van der Waals surface area (Å²) in [5, 5.41) is 2.15. The molecule has 0 aliphatic carbocycles. The summed E-state index contributed by atoms with van der Waals surface area (Å²) in [4.78, 5) is 34.6. The number of anilines is 2. The van der Waals surface area contributed by atoms with Gasteiger partial charge in [-0.05, 0) is 42.8 Å². The number of para-hydroxylation sites is 2. The lowest BCUT2D eigenvalue weighted by Crippen LogP contribution is -2.37. The first-order valence-corrected chi connectivity index (χ1v) is 10.7. The third-order valence-corrected chi connectivity index (χ3v) is 6.47. The van der Waals surface area contributed by atoms with Crippen LogP contribution in [-0.2, 0) is 14.4 Å². The Hall–Kier alpha value is -3.35. The Morgan fingerprint density at radius 2 is 1.62 bits per heavy atom. The van der Waals surface area contributed by atoms with Gasteiger partial charge in [0, 0.05) is 10.6 Å². The second kappa shape index (κ2) is 7.97. The second-order valence-corrected chi connectivity index (χ2v) is 8.20. The maximum absolute atomic E-state index is 13.7. The number of carbonyl (C=O) groups excluding carboxylic acids is 2. The monoisotopic (exact) mass is 448 g/mol. The molecule has 3 aromatic rings. The smallest absolute Gasteiger partial charge is 0.266 e. The van der Waals surface area contributed by atoms with Crippen molar-refractivity contribution in [1.82, 2.24) is 0 Å². The summed E-state index contributed by atoms with van der Waals surface area (Å²) in [7, 11) is 1.59. The molecule has 2 fully saturated rings. The van der Waals surface area contributed by atoms with Gasteiger partial charge in [-0.25, -0.2) is 9.96 Å². The van der Waals surface area contributed by atoms with Crippen LogP contribution >= 0.6 is 11.6 Å². The quantitative estimate of drug-likeness (QED) is 0.541. The van der Waals surface area contributed by atoms with E-state index in [0.717, 1.165) is 11.3 Å². The van der Waals surface area contributed by atoms with E-state index in [1.165, 1.54) is 4.90 Å². The minimum atomic E-state index is -0.948. The average molecular weight is 449 g/mol. The van der Waals surface area contributed by atoms with Crippen molar-refractivity contribution in [2.24, 2.45) is 5.92 Å². The molecule has 3 atom stereocenters. The Balaban J connectivity index is 1.63. The molecule has 0 radical (unpaired) electrons. The van der Waals surface area contributed by atoms with Crippen LogP contribution in [0.15, 0.2) is 72.8 Å². The van der Waals surface area contributed by atoms with Crippen LogP contribution in [0.3, 0.4) is 0 Å². The van der Waals surface area contributed by atoms with Gasteiger partial charge >= 0.3 is 0 Å². The second-order valence-electron chi connectivity index (χ2n) is 7.80. The van der Waals surface area contributed by atoms with E-state index in [9.17, 15) is 9.59 Å². The molecule has 2 heterocycles. The lowest BCUT2D eigenvalue weighted by atomic mass is 9.90. The molecule has 2 saturated heterocycles. The molecule has 3 unspecified atom stereocenters. The van der Waals surface area contributed by atoms with Crippen LogP contribution in [0, 0.1) is 12.8 Å². The van der Waals surface area contributed by atoms with Crippen molar-refractivity contribution >= 4 is 34.8 Å². The molecule has 162 valence electrons. The molecule has 32 heavy (non-hydrogen) atoms. The minimum absolute atomic E-state index is 0.320. The van der Waals surface area contributed by atoms with Gasteiger partial charge in [0.05, 0.1) is 24.5 Å². The van der Waals surface area contributed by atoms with Crippen molar-refractivity contribution < 1.29 is 19.2 Å². The summed E-state index contributed by atoms with van der Waals surface area (Å²) in [6.07, 6.45) is -0.948. The van der Waals surface area contributed by atoms with Crippen LogP contribution in [0.25, 0.3) is 0 Å². The SMILES string of the molecule is COc1ccccc1C1C2C(=O)N(c3cccc(Cl)c3C)C(=O)C2ON1c1ccccc1. The first-order chi connectivity index (χ1) is 15.5. The highest BCUT2D eigenvalue weighted by molar-refractivity contribution is 6.32. The standard InChI is InChI=1S/C25H21ClN2O4/c1-15-18(26)12-8-13-19(15)27-24(29)21-22(17-11-6-7-14-20(17)31-2)28(32-23(21)25(27)30)16-9-4-3-5-10-16/h3-14,21-23H,1-2H3. The maximum atomic E-state index is 13.7. The molecule has 0 bridgehead atoms. The van der Waals surface area contributed by atoms with E-state index in [1.807, 2.05) is 54.6 Å². The first kappa shape index (κ1) is 20.5. The van der Waals surface area contributed by atoms with Gasteiger partial charge < -0.3 is 4.74 Å². The van der Waals surface area contributed by atoms with E-state index in [0.29, 0.717) is 22.0 Å². The van der Waals surface area contributed by atoms with Crippen molar-refractivity contribution in [3.05, 3.63) is 88.9 Å². The predicted octanol–water partition coefficient (Wildman–Crippen LogP) is 4.71. The third-order valence-electron chi connectivity index (χ3n) is 6.06. The van der Waals surface area contributed by atoms with Crippen LogP contribution in [0.4, 0.5) is 11.4 Å². The summed E-state index contributed by atoms with van der Waals surface area (Å²) < 4.78 is 5.59. The number of amides is 2. The van der Waals surface area contributed by atoms with Gasteiger partial charge in [0.2, 0.25) is 5.91 Å².